The molecule has 1 atom stereocenters. The van der Waals surface area contributed by atoms with Crippen LogP contribution in [-0.4, -0.2) is 45.8 Å². The van der Waals surface area contributed by atoms with Gasteiger partial charge in [-0.25, -0.2) is 0 Å². The highest BCUT2D eigenvalue weighted by atomic mass is 35.5. The van der Waals surface area contributed by atoms with Crippen LogP contribution in [0, 0.1) is 0 Å². The Kier molecular flexibility index (Phi) is 4.53. The number of hydrogen-bond donors (Lipinski definition) is 3. The van der Waals surface area contributed by atoms with Gasteiger partial charge in [-0.2, -0.15) is 5.10 Å². The summed E-state index contributed by atoms with van der Waals surface area (Å²) < 4.78 is 0. The number of rotatable bonds is 4. The maximum atomic E-state index is 13.1. The molecule has 2 aromatic carbocycles. The molecule has 0 aliphatic carbocycles. The topological polar surface area (TPSA) is 95.2 Å². The van der Waals surface area contributed by atoms with E-state index in [1.54, 1.807) is 12.1 Å². The summed E-state index contributed by atoms with van der Waals surface area (Å²) in [5.41, 5.74) is 8.11. The first kappa shape index (κ1) is 17.8. The molecule has 1 aromatic heterocycles. The van der Waals surface area contributed by atoms with Crippen molar-refractivity contribution in [2.24, 2.45) is 0 Å². The van der Waals surface area contributed by atoms with Crippen molar-refractivity contribution in [3.05, 3.63) is 58.6 Å². The van der Waals surface area contributed by atoms with E-state index in [1.165, 1.54) is 0 Å². The molecule has 140 valence electrons. The normalized spacial score (nSPS) is 19.7. The first-order valence-electron chi connectivity index (χ1n) is 8.92. The first-order chi connectivity index (χ1) is 13.0. The number of amides is 1. The molecule has 0 bridgehead atoms. The van der Waals surface area contributed by atoms with Crippen LogP contribution in [0.25, 0.3) is 10.9 Å². The van der Waals surface area contributed by atoms with Gasteiger partial charge in [0.25, 0.3) is 5.91 Å². The third-order valence-electron chi connectivity index (χ3n) is 5.53. The fourth-order valence-electron chi connectivity index (χ4n) is 4.00. The second-order valence-corrected chi connectivity index (χ2v) is 7.54. The number of halogens is 1. The van der Waals surface area contributed by atoms with Crippen LogP contribution in [-0.2, 0) is 5.41 Å². The average molecular weight is 385 g/mol. The lowest BCUT2D eigenvalue weighted by molar-refractivity contribution is 0.0779. The number of anilines is 1. The lowest BCUT2D eigenvalue weighted by Gasteiger charge is -2.29. The van der Waals surface area contributed by atoms with E-state index in [4.69, 9.17) is 17.3 Å². The largest absolute Gasteiger partial charge is 0.396 e. The molecule has 0 radical (unpaired) electrons. The summed E-state index contributed by atoms with van der Waals surface area (Å²) in [6.45, 7) is 1.27. The molecule has 27 heavy (non-hydrogen) atoms. The minimum absolute atomic E-state index is 0.0359. The maximum absolute atomic E-state index is 13.1. The number of benzene rings is 2. The molecule has 1 fully saturated rings. The van der Waals surface area contributed by atoms with Gasteiger partial charge in [-0.15, -0.1) is 0 Å². The molecule has 7 heteroatoms. The number of likely N-dealkylation sites (tertiary alicyclic amines) is 1. The number of aliphatic hydroxyl groups excluding tert-OH is 1. The van der Waals surface area contributed by atoms with E-state index in [0.29, 0.717) is 35.9 Å². The fraction of sp³-hybridized carbons (Fsp3) is 0.300. The predicted molar refractivity (Wildman–Crippen MR) is 106 cm³/mol. The highest BCUT2D eigenvalue weighted by molar-refractivity contribution is 6.30. The number of hydrogen-bond acceptors (Lipinski definition) is 4. The number of aliphatic hydroxyl groups is 1. The van der Waals surface area contributed by atoms with E-state index in [-0.39, 0.29) is 17.9 Å². The van der Waals surface area contributed by atoms with Crippen LogP contribution in [0.4, 0.5) is 5.82 Å². The van der Waals surface area contributed by atoms with Crippen LogP contribution in [0.1, 0.15) is 28.8 Å². The Morgan fingerprint density at radius 2 is 2.07 bits per heavy atom. The van der Waals surface area contributed by atoms with Crippen molar-refractivity contribution in [1.82, 2.24) is 15.1 Å². The minimum Gasteiger partial charge on any atom is -0.396 e. The number of carbonyl (C=O) groups is 1. The molecule has 6 nitrogen and oxygen atoms in total. The second-order valence-electron chi connectivity index (χ2n) is 7.11. The van der Waals surface area contributed by atoms with E-state index >= 15 is 0 Å². The second kappa shape index (κ2) is 6.87. The number of nitrogens with one attached hydrogen (secondary N) is 1. The van der Waals surface area contributed by atoms with E-state index in [2.05, 4.69) is 10.2 Å². The van der Waals surface area contributed by atoms with Gasteiger partial charge in [-0.1, -0.05) is 23.7 Å². The van der Waals surface area contributed by atoms with Crippen molar-refractivity contribution in [3.63, 3.8) is 0 Å². The molecule has 1 aliphatic rings. The van der Waals surface area contributed by atoms with Crippen molar-refractivity contribution in [2.75, 3.05) is 25.4 Å². The summed E-state index contributed by atoms with van der Waals surface area (Å²) in [5.74, 6) is 0.350. The summed E-state index contributed by atoms with van der Waals surface area (Å²) in [7, 11) is 0. The van der Waals surface area contributed by atoms with Gasteiger partial charge in [0.05, 0.1) is 5.52 Å². The van der Waals surface area contributed by atoms with Crippen LogP contribution >= 0.6 is 11.6 Å². The van der Waals surface area contributed by atoms with Crippen LogP contribution in [0.15, 0.2) is 42.5 Å². The van der Waals surface area contributed by atoms with Crippen LogP contribution in [0.2, 0.25) is 5.02 Å². The molecule has 1 unspecified atom stereocenters. The molecule has 1 amide bonds. The van der Waals surface area contributed by atoms with E-state index in [1.807, 2.05) is 35.2 Å². The summed E-state index contributed by atoms with van der Waals surface area (Å²) in [6, 6.07) is 13.1. The van der Waals surface area contributed by atoms with E-state index in [9.17, 15) is 9.90 Å². The third-order valence-corrected chi connectivity index (χ3v) is 5.78. The van der Waals surface area contributed by atoms with Gasteiger partial charge >= 0.3 is 0 Å². The van der Waals surface area contributed by atoms with Crippen molar-refractivity contribution in [2.45, 2.75) is 18.3 Å². The Bertz CT molecular complexity index is 985. The molecule has 0 spiro atoms. The summed E-state index contributed by atoms with van der Waals surface area (Å²) in [4.78, 5) is 14.9. The summed E-state index contributed by atoms with van der Waals surface area (Å²) in [5, 5.41) is 17.9. The van der Waals surface area contributed by atoms with E-state index < -0.39 is 0 Å². The van der Waals surface area contributed by atoms with E-state index in [0.717, 1.165) is 22.9 Å². The molecule has 1 saturated heterocycles. The zero-order valence-corrected chi connectivity index (χ0v) is 15.5. The van der Waals surface area contributed by atoms with Gasteiger partial charge in [0.15, 0.2) is 5.82 Å². The Morgan fingerprint density at radius 3 is 2.81 bits per heavy atom. The van der Waals surface area contributed by atoms with Gasteiger partial charge < -0.3 is 15.7 Å². The fourth-order valence-corrected chi connectivity index (χ4v) is 4.12. The highest BCUT2D eigenvalue weighted by Crippen LogP contribution is 2.38. The van der Waals surface area contributed by atoms with Crippen LogP contribution < -0.4 is 5.73 Å². The van der Waals surface area contributed by atoms with Crippen molar-refractivity contribution in [3.8, 4) is 0 Å². The summed E-state index contributed by atoms with van der Waals surface area (Å²) >= 11 is 6.02. The van der Waals surface area contributed by atoms with Crippen LogP contribution in [0.3, 0.4) is 0 Å². The minimum atomic E-state index is -0.256. The molecule has 1 aliphatic heterocycles. The quantitative estimate of drug-likeness (QED) is 0.644. The monoisotopic (exact) mass is 384 g/mol. The summed E-state index contributed by atoms with van der Waals surface area (Å²) in [6.07, 6.45) is 1.41. The molecule has 0 saturated carbocycles. The molecule has 4 rings (SSSR count). The molecule has 3 aromatic rings. The van der Waals surface area contributed by atoms with Crippen molar-refractivity contribution in [1.29, 1.82) is 0 Å². The third kappa shape index (κ3) is 3.15. The van der Waals surface area contributed by atoms with Crippen molar-refractivity contribution < 1.29 is 9.90 Å². The lowest BCUT2D eigenvalue weighted by Crippen LogP contribution is -2.35. The molecule has 4 N–H and O–H groups in total. The van der Waals surface area contributed by atoms with Gasteiger partial charge in [-0.05, 0) is 48.7 Å². The SMILES string of the molecule is Nc1n[nH]c2ccc(C(=O)N3CCC(CCO)(c4ccc(Cl)cc4)C3)cc12. The van der Waals surface area contributed by atoms with Gasteiger partial charge in [0.1, 0.15) is 0 Å². The average Bonchev–Trinajstić information content (AvgIpc) is 3.27. The number of carbonyl (C=O) groups excluding carboxylic acids is 1. The number of nitrogens with two attached hydrogens (primary N) is 1. The van der Waals surface area contributed by atoms with Gasteiger partial charge in [0.2, 0.25) is 0 Å². The maximum Gasteiger partial charge on any atom is 0.253 e. The number of aromatic amines is 1. The predicted octanol–water partition coefficient (Wildman–Crippen LogP) is 2.96. The van der Waals surface area contributed by atoms with Crippen molar-refractivity contribution >= 4 is 34.2 Å². The Labute approximate surface area is 161 Å². The molecular weight excluding hydrogens is 364 g/mol. The smallest absolute Gasteiger partial charge is 0.253 e. The van der Waals surface area contributed by atoms with Crippen LogP contribution in [0.5, 0.6) is 0 Å². The standard InChI is InChI=1S/C20H21ClN4O2/c21-15-4-2-14(3-5-15)20(8-10-26)7-9-25(12-20)19(27)13-1-6-17-16(11-13)18(22)24-23-17/h1-6,11,26H,7-10,12H2,(H3,22,23,24). The lowest BCUT2D eigenvalue weighted by atomic mass is 9.77. The number of nitrogens with zero attached hydrogens (tertiary/aromatic N) is 2. The number of fused-ring (bicyclic) bond motifs is 1. The number of H-pyrrole nitrogens is 1. The Morgan fingerprint density at radius 1 is 1.30 bits per heavy atom. The van der Waals surface area contributed by atoms with Gasteiger partial charge in [0, 0.05) is 41.1 Å². The zero-order valence-electron chi connectivity index (χ0n) is 14.8. The number of nitrogen functional groups attached to an aromatic ring is 1. The Hall–Kier alpha value is -2.57. The zero-order chi connectivity index (χ0) is 19.0. The highest BCUT2D eigenvalue weighted by Gasteiger charge is 2.41. The molecule has 2 heterocycles. The Balaban J connectivity index is 1.61. The first-order valence-corrected chi connectivity index (χ1v) is 9.30. The molecular formula is C20H21ClN4O2. The van der Waals surface area contributed by atoms with Gasteiger partial charge in [-0.3, -0.25) is 9.89 Å². The number of aromatic nitrogens is 2.